The Hall–Kier alpha value is -1.89. The van der Waals surface area contributed by atoms with Crippen molar-refractivity contribution in [2.75, 3.05) is 26.7 Å². The summed E-state index contributed by atoms with van der Waals surface area (Å²) in [5.41, 5.74) is -0.772. The van der Waals surface area contributed by atoms with Crippen LogP contribution in [0.3, 0.4) is 0 Å². The van der Waals surface area contributed by atoms with Crippen LogP contribution in [0, 0.1) is 11.3 Å². The Kier molecular flexibility index (Phi) is 4.14. The molecule has 3 rings (SSSR count). The van der Waals surface area contributed by atoms with Gasteiger partial charge in [-0.2, -0.15) is 0 Å². The van der Waals surface area contributed by atoms with Crippen molar-refractivity contribution in [2.45, 2.75) is 19.3 Å². The van der Waals surface area contributed by atoms with Crippen molar-refractivity contribution in [3.05, 3.63) is 22.4 Å². The molecule has 7 heteroatoms. The summed E-state index contributed by atoms with van der Waals surface area (Å²) in [5, 5.41) is 11.4. The summed E-state index contributed by atoms with van der Waals surface area (Å²) in [5.74, 6) is -1.10. The number of likely N-dealkylation sites (N-methyl/N-ethyl adjacent to an activating group) is 1. The van der Waals surface area contributed by atoms with Crippen molar-refractivity contribution in [1.82, 2.24) is 9.80 Å². The Bertz CT molecular complexity index is 630. The summed E-state index contributed by atoms with van der Waals surface area (Å²) < 4.78 is 0. The molecule has 1 N–H and O–H groups in total. The van der Waals surface area contributed by atoms with Crippen LogP contribution in [0.4, 0.5) is 0 Å². The molecular weight excluding hydrogens is 316 g/mol. The maximum absolute atomic E-state index is 12.5. The van der Waals surface area contributed by atoms with Gasteiger partial charge in [0.1, 0.15) is 0 Å². The van der Waals surface area contributed by atoms with Gasteiger partial charge in [-0.3, -0.25) is 14.4 Å². The van der Waals surface area contributed by atoms with Gasteiger partial charge in [0.15, 0.2) is 0 Å². The predicted octanol–water partition coefficient (Wildman–Crippen LogP) is 1.53. The van der Waals surface area contributed by atoms with Gasteiger partial charge < -0.3 is 14.9 Å². The first-order valence-corrected chi connectivity index (χ1v) is 8.62. The van der Waals surface area contributed by atoms with Gasteiger partial charge in [-0.05, 0) is 30.2 Å². The molecule has 1 aliphatic carbocycles. The zero-order chi connectivity index (χ0) is 16.6. The highest BCUT2D eigenvalue weighted by Gasteiger charge is 2.55. The fraction of sp³-hybridized carbons (Fsp3) is 0.562. The van der Waals surface area contributed by atoms with E-state index in [-0.39, 0.29) is 30.8 Å². The molecule has 2 amide bonds. The molecule has 2 aliphatic rings. The maximum Gasteiger partial charge on any atom is 0.311 e. The maximum atomic E-state index is 12.5. The monoisotopic (exact) mass is 336 g/mol. The van der Waals surface area contributed by atoms with Crippen LogP contribution in [0.5, 0.6) is 0 Å². The van der Waals surface area contributed by atoms with Crippen LogP contribution < -0.4 is 0 Å². The van der Waals surface area contributed by atoms with E-state index in [1.807, 2.05) is 5.38 Å². The van der Waals surface area contributed by atoms with Gasteiger partial charge in [-0.15, -0.1) is 11.3 Å². The molecular formula is C16H20N2O4S. The number of amides is 2. The van der Waals surface area contributed by atoms with E-state index in [2.05, 4.69) is 0 Å². The number of likely N-dealkylation sites (tertiary alicyclic amines) is 1. The van der Waals surface area contributed by atoms with Crippen molar-refractivity contribution >= 4 is 29.1 Å². The molecule has 1 aliphatic heterocycles. The number of carbonyl (C=O) groups excluding carboxylic acids is 2. The number of nitrogens with zero attached hydrogens (tertiary/aromatic N) is 2. The molecule has 0 bridgehead atoms. The molecule has 0 spiro atoms. The third kappa shape index (κ3) is 2.73. The van der Waals surface area contributed by atoms with E-state index in [9.17, 15) is 19.5 Å². The van der Waals surface area contributed by atoms with Gasteiger partial charge >= 0.3 is 5.97 Å². The fourth-order valence-electron chi connectivity index (χ4n) is 3.79. The van der Waals surface area contributed by atoms with E-state index < -0.39 is 11.4 Å². The third-order valence-corrected chi connectivity index (χ3v) is 5.96. The average molecular weight is 336 g/mol. The highest BCUT2D eigenvalue weighted by molar-refractivity contribution is 7.12. The molecule has 1 saturated heterocycles. The minimum Gasteiger partial charge on any atom is -0.481 e. The molecule has 0 aromatic carbocycles. The lowest BCUT2D eigenvalue weighted by molar-refractivity contribution is -0.149. The van der Waals surface area contributed by atoms with Crippen molar-refractivity contribution < 1.29 is 19.5 Å². The van der Waals surface area contributed by atoms with Gasteiger partial charge in [0.2, 0.25) is 5.91 Å². The average Bonchev–Trinajstić information content (AvgIpc) is 3.21. The highest BCUT2D eigenvalue weighted by atomic mass is 32.1. The minimum atomic E-state index is -0.793. The molecule has 2 atom stereocenters. The Morgan fingerprint density at radius 3 is 2.87 bits per heavy atom. The minimum absolute atomic E-state index is 0.0147. The SMILES string of the molecule is CN(CC(=O)N1C[C@@H]2CCC[C@@]2(C(=O)O)C1)C(=O)c1cccs1. The van der Waals surface area contributed by atoms with E-state index in [4.69, 9.17) is 0 Å². The topological polar surface area (TPSA) is 77.9 Å². The van der Waals surface area contributed by atoms with Crippen molar-refractivity contribution in [3.63, 3.8) is 0 Å². The number of aliphatic carboxylic acids is 1. The van der Waals surface area contributed by atoms with E-state index >= 15 is 0 Å². The van der Waals surface area contributed by atoms with Crippen LogP contribution in [-0.4, -0.2) is 59.4 Å². The first kappa shape index (κ1) is 16.0. The molecule has 2 fully saturated rings. The van der Waals surface area contributed by atoms with E-state index in [1.54, 1.807) is 24.1 Å². The van der Waals surface area contributed by atoms with E-state index in [0.29, 0.717) is 17.8 Å². The quantitative estimate of drug-likeness (QED) is 0.904. The van der Waals surface area contributed by atoms with Crippen LogP contribution in [0.15, 0.2) is 17.5 Å². The zero-order valence-electron chi connectivity index (χ0n) is 13.0. The number of rotatable bonds is 4. The lowest BCUT2D eigenvalue weighted by atomic mass is 9.81. The van der Waals surface area contributed by atoms with Crippen molar-refractivity contribution in [1.29, 1.82) is 0 Å². The number of carbonyl (C=O) groups is 3. The van der Waals surface area contributed by atoms with Crippen molar-refractivity contribution in [3.8, 4) is 0 Å². The molecule has 1 saturated carbocycles. The summed E-state index contributed by atoms with van der Waals surface area (Å²) in [6.45, 7) is 0.748. The van der Waals surface area contributed by atoms with Gasteiger partial charge in [0.25, 0.3) is 5.91 Å². The lowest BCUT2D eigenvalue weighted by Gasteiger charge is -2.24. The number of fused-ring (bicyclic) bond motifs is 1. The van der Waals surface area contributed by atoms with Crippen molar-refractivity contribution in [2.24, 2.45) is 11.3 Å². The van der Waals surface area contributed by atoms with Crippen LogP contribution in [-0.2, 0) is 9.59 Å². The summed E-state index contributed by atoms with van der Waals surface area (Å²) in [7, 11) is 1.60. The fourth-order valence-corrected chi connectivity index (χ4v) is 4.51. The normalized spacial score (nSPS) is 26.1. The van der Waals surface area contributed by atoms with Gasteiger partial charge in [0, 0.05) is 20.1 Å². The first-order valence-electron chi connectivity index (χ1n) is 7.74. The van der Waals surface area contributed by atoms with E-state index in [1.165, 1.54) is 16.2 Å². The highest BCUT2D eigenvalue weighted by Crippen LogP contribution is 2.48. The summed E-state index contributed by atoms with van der Waals surface area (Å²) >= 11 is 1.34. The number of carboxylic acid groups (broad SMARTS) is 1. The summed E-state index contributed by atoms with van der Waals surface area (Å²) in [6.07, 6.45) is 2.41. The van der Waals surface area contributed by atoms with Gasteiger partial charge in [0.05, 0.1) is 16.8 Å². The third-order valence-electron chi connectivity index (χ3n) is 5.10. The summed E-state index contributed by atoms with van der Waals surface area (Å²) in [6, 6.07) is 3.53. The second-order valence-corrected chi connectivity index (χ2v) is 7.41. The standard InChI is InChI=1S/C16H20N2O4S/c1-17(14(20)12-5-3-7-23-12)9-13(19)18-8-11-4-2-6-16(11,10-18)15(21)22/h3,5,7,11H,2,4,6,8-10H2,1H3,(H,21,22)/t11-,16+/m0/s1. The summed E-state index contributed by atoms with van der Waals surface area (Å²) in [4.78, 5) is 39.9. The molecule has 23 heavy (non-hydrogen) atoms. The first-order chi connectivity index (χ1) is 10.9. The van der Waals surface area contributed by atoms with Gasteiger partial charge in [-0.25, -0.2) is 0 Å². The Morgan fingerprint density at radius 2 is 2.26 bits per heavy atom. The van der Waals surface area contributed by atoms with Gasteiger partial charge in [-0.1, -0.05) is 12.5 Å². The second kappa shape index (κ2) is 5.96. The predicted molar refractivity (Wildman–Crippen MR) is 85.3 cm³/mol. The molecule has 0 radical (unpaired) electrons. The van der Waals surface area contributed by atoms with Crippen LogP contribution in [0.25, 0.3) is 0 Å². The molecule has 2 heterocycles. The zero-order valence-corrected chi connectivity index (χ0v) is 13.8. The largest absolute Gasteiger partial charge is 0.481 e. The second-order valence-electron chi connectivity index (χ2n) is 6.46. The Balaban J connectivity index is 1.64. The molecule has 0 unspecified atom stereocenters. The van der Waals surface area contributed by atoms with Crippen LogP contribution >= 0.6 is 11.3 Å². The molecule has 1 aromatic rings. The molecule has 1 aromatic heterocycles. The van der Waals surface area contributed by atoms with Crippen LogP contribution in [0.2, 0.25) is 0 Å². The molecule has 6 nitrogen and oxygen atoms in total. The number of thiophene rings is 1. The number of hydrogen-bond donors (Lipinski definition) is 1. The lowest BCUT2D eigenvalue weighted by Crippen LogP contribution is -2.42. The molecule has 124 valence electrons. The van der Waals surface area contributed by atoms with E-state index in [0.717, 1.165) is 12.8 Å². The Morgan fingerprint density at radius 1 is 1.48 bits per heavy atom. The smallest absolute Gasteiger partial charge is 0.311 e. The number of carboxylic acids is 1. The van der Waals surface area contributed by atoms with Crippen LogP contribution in [0.1, 0.15) is 28.9 Å². The Labute approximate surface area is 138 Å². The number of hydrogen-bond acceptors (Lipinski definition) is 4.